The SMILES string of the molecule is NC(=O)[C@H]1CCCCC[C@@H]1NCc1cccc(F)c1. The summed E-state index contributed by atoms with van der Waals surface area (Å²) in [5.74, 6) is -0.554. The number of nitrogens with two attached hydrogens (primary N) is 1. The standard InChI is InChI=1S/C15H21FN2O/c16-12-6-4-5-11(9-12)10-18-14-8-3-1-2-7-13(14)15(17)19/h4-6,9,13-14,18H,1-3,7-8,10H2,(H2,17,19)/t13-,14-/m0/s1. The van der Waals surface area contributed by atoms with Crippen LogP contribution in [0.1, 0.15) is 37.7 Å². The van der Waals surface area contributed by atoms with Gasteiger partial charge >= 0.3 is 0 Å². The molecule has 0 spiro atoms. The first-order valence-corrected chi connectivity index (χ1v) is 6.94. The van der Waals surface area contributed by atoms with E-state index < -0.39 is 0 Å². The molecule has 1 aromatic rings. The van der Waals surface area contributed by atoms with Crippen molar-refractivity contribution in [3.05, 3.63) is 35.6 Å². The lowest BCUT2D eigenvalue weighted by Crippen LogP contribution is -2.41. The van der Waals surface area contributed by atoms with Crippen molar-refractivity contribution in [2.24, 2.45) is 11.7 Å². The maximum atomic E-state index is 13.1. The zero-order chi connectivity index (χ0) is 13.7. The average molecular weight is 264 g/mol. The summed E-state index contributed by atoms with van der Waals surface area (Å²) in [6, 6.07) is 6.64. The Morgan fingerprint density at radius 1 is 1.32 bits per heavy atom. The molecule has 0 saturated heterocycles. The summed E-state index contributed by atoms with van der Waals surface area (Å²) in [6.45, 7) is 0.576. The largest absolute Gasteiger partial charge is 0.369 e. The van der Waals surface area contributed by atoms with Crippen molar-refractivity contribution in [1.29, 1.82) is 0 Å². The van der Waals surface area contributed by atoms with E-state index in [1.165, 1.54) is 12.1 Å². The highest BCUT2D eigenvalue weighted by Crippen LogP contribution is 2.23. The fourth-order valence-electron chi connectivity index (χ4n) is 2.79. The second kappa shape index (κ2) is 6.66. The van der Waals surface area contributed by atoms with Crippen LogP contribution in [0.3, 0.4) is 0 Å². The van der Waals surface area contributed by atoms with E-state index in [1.54, 1.807) is 6.07 Å². The average Bonchev–Trinajstić information content (AvgIpc) is 2.61. The van der Waals surface area contributed by atoms with E-state index >= 15 is 0 Å². The van der Waals surface area contributed by atoms with Gasteiger partial charge in [-0.25, -0.2) is 4.39 Å². The predicted octanol–water partition coefficient (Wildman–Crippen LogP) is 2.35. The highest BCUT2D eigenvalue weighted by Gasteiger charge is 2.27. The van der Waals surface area contributed by atoms with Gasteiger partial charge in [-0.3, -0.25) is 4.79 Å². The number of carbonyl (C=O) groups is 1. The van der Waals surface area contributed by atoms with E-state index in [0.29, 0.717) is 6.54 Å². The minimum absolute atomic E-state index is 0.101. The highest BCUT2D eigenvalue weighted by molar-refractivity contribution is 5.77. The van der Waals surface area contributed by atoms with Crippen molar-refractivity contribution in [2.75, 3.05) is 0 Å². The van der Waals surface area contributed by atoms with Gasteiger partial charge in [-0.2, -0.15) is 0 Å². The van der Waals surface area contributed by atoms with E-state index in [0.717, 1.165) is 37.7 Å². The smallest absolute Gasteiger partial charge is 0.222 e. The number of amides is 1. The fourth-order valence-corrected chi connectivity index (χ4v) is 2.79. The van der Waals surface area contributed by atoms with Crippen LogP contribution < -0.4 is 11.1 Å². The van der Waals surface area contributed by atoms with Gasteiger partial charge < -0.3 is 11.1 Å². The topological polar surface area (TPSA) is 55.1 Å². The third-order valence-electron chi connectivity index (χ3n) is 3.84. The molecule has 3 nitrogen and oxygen atoms in total. The minimum atomic E-state index is -0.230. The van der Waals surface area contributed by atoms with Crippen molar-refractivity contribution >= 4 is 5.91 Å². The molecule has 19 heavy (non-hydrogen) atoms. The van der Waals surface area contributed by atoms with Gasteiger partial charge in [0.1, 0.15) is 5.82 Å². The van der Waals surface area contributed by atoms with Crippen molar-refractivity contribution in [3.8, 4) is 0 Å². The fraction of sp³-hybridized carbons (Fsp3) is 0.533. The molecule has 0 aliphatic heterocycles. The van der Waals surface area contributed by atoms with Crippen LogP contribution in [-0.2, 0) is 11.3 Å². The lowest BCUT2D eigenvalue weighted by molar-refractivity contribution is -0.122. The van der Waals surface area contributed by atoms with Crippen molar-refractivity contribution in [2.45, 2.75) is 44.7 Å². The van der Waals surface area contributed by atoms with Crippen LogP contribution in [-0.4, -0.2) is 11.9 Å². The van der Waals surface area contributed by atoms with Gasteiger partial charge in [0, 0.05) is 12.6 Å². The second-order valence-corrected chi connectivity index (χ2v) is 5.26. The molecule has 2 atom stereocenters. The van der Waals surface area contributed by atoms with Gasteiger partial charge in [0.05, 0.1) is 5.92 Å². The van der Waals surface area contributed by atoms with Crippen LogP contribution >= 0.6 is 0 Å². The van der Waals surface area contributed by atoms with Gasteiger partial charge in [0.2, 0.25) is 5.91 Å². The minimum Gasteiger partial charge on any atom is -0.369 e. The van der Waals surface area contributed by atoms with Crippen LogP contribution in [0.25, 0.3) is 0 Å². The Hall–Kier alpha value is -1.42. The summed E-state index contributed by atoms with van der Waals surface area (Å²) >= 11 is 0. The molecule has 1 aliphatic rings. The number of carbonyl (C=O) groups excluding carboxylic acids is 1. The molecule has 0 aromatic heterocycles. The van der Waals surface area contributed by atoms with E-state index in [9.17, 15) is 9.18 Å². The molecule has 1 fully saturated rings. The van der Waals surface area contributed by atoms with Gasteiger partial charge in [-0.1, -0.05) is 31.4 Å². The number of halogens is 1. The molecular weight excluding hydrogens is 243 g/mol. The van der Waals surface area contributed by atoms with Crippen LogP contribution in [0, 0.1) is 11.7 Å². The number of hydrogen-bond donors (Lipinski definition) is 2. The Bertz CT molecular complexity index is 436. The zero-order valence-electron chi connectivity index (χ0n) is 11.1. The Balaban J connectivity index is 1.97. The first-order chi connectivity index (χ1) is 9.16. The molecule has 104 valence electrons. The summed E-state index contributed by atoms with van der Waals surface area (Å²) in [5.41, 5.74) is 6.38. The van der Waals surface area contributed by atoms with Crippen molar-refractivity contribution < 1.29 is 9.18 Å². The molecule has 0 heterocycles. The third-order valence-corrected chi connectivity index (χ3v) is 3.84. The quantitative estimate of drug-likeness (QED) is 0.820. The number of nitrogens with one attached hydrogen (secondary N) is 1. The molecule has 4 heteroatoms. The number of hydrogen-bond acceptors (Lipinski definition) is 2. The Morgan fingerprint density at radius 2 is 2.11 bits per heavy atom. The zero-order valence-corrected chi connectivity index (χ0v) is 11.1. The monoisotopic (exact) mass is 264 g/mol. The highest BCUT2D eigenvalue weighted by atomic mass is 19.1. The Labute approximate surface area is 113 Å². The number of rotatable bonds is 4. The molecule has 1 amide bonds. The number of benzene rings is 1. The summed E-state index contributed by atoms with van der Waals surface area (Å²) in [7, 11) is 0. The molecule has 3 N–H and O–H groups in total. The summed E-state index contributed by atoms with van der Waals surface area (Å²) in [6.07, 6.45) is 5.15. The summed E-state index contributed by atoms with van der Waals surface area (Å²) < 4.78 is 13.1. The molecule has 1 aliphatic carbocycles. The van der Waals surface area contributed by atoms with Crippen LogP contribution in [0.4, 0.5) is 4.39 Å². The molecule has 1 aromatic carbocycles. The predicted molar refractivity (Wildman–Crippen MR) is 72.8 cm³/mol. The van der Waals surface area contributed by atoms with E-state index in [2.05, 4.69) is 5.32 Å². The van der Waals surface area contributed by atoms with Gasteiger partial charge in [0.15, 0.2) is 0 Å². The molecule has 0 radical (unpaired) electrons. The van der Waals surface area contributed by atoms with Crippen LogP contribution in [0.5, 0.6) is 0 Å². The molecular formula is C15H21FN2O. The molecule has 1 saturated carbocycles. The summed E-state index contributed by atoms with van der Waals surface area (Å²) in [4.78, 5) is 11.5. The first kappa shape index (κ1) is 14.0. The van der Waals surface area contributed by atoms with Crippen molar-refractivity contribution in [3.63, 3.8) is 0 Å². The van der Waals surface area contributed by atoms with Gasteiger partial charge in [-0.15, -0.1) is 0 Å². The lowest BCUT2D eigenvalue weighted by Gasteiger charge is -2.23. The number of primary amides is 1. The van der Waals surface area contributed by atoms with Crippen LogP contribution in [0.2, 0.25) is 0 Å². The first-order valence-electron chi connectivity index (χ1n) is 6.94. The summed E-state index contributed by atoms with van der Waals surface area (Å²) in [5, 5.41) is 3.37. The molecule has 0 unspecified atom stereocenters. The Kier molecular flexibility index (Phi) is 4.91. The normalized spacial score (nSPS) is 23.8. The maximum Gasteiger partial charge on any atom is 0.222 e. The van der Waals surface area contributed by atoms with Crippen LogP contribution in [0.15, 0.2) is 24.3 Å². The molecule has 0 bridgehead atoms. The van der Waals surface area contributed by atoms with E-state index in [1.807, 2.05) is 6.07 Å². The third kappa shape index (κ3) is 4.03. The van der Waals surface area contributed by atoms with Crippen molar-refractivity contribution in [1.82, 2.24) is 5.32 Å². The van der Waals surface area contributed by atoms with E-state index in [-0.39, 0.29) is 23.7 Å². The lowest BCUT2D eigenvalue weighted by atomic mass is 9.94. The second-order valence-electron chi connectivity index (χ2n) is 5.26. The van der Waals surface area contributed by atoms with Gasteiger partial charge in [0.25, 0.3) is 0 Å². The molecule has 2 rings (SSSR count). The maximum absolute atomic E-state index is 13.1. The van der Waals surface area contributed by atoms with Gasteiger partial charge in [-0.05, 0) is 30.5 Å². The Morgan fingerprint density at radius 3 is 2.84 bits per heavy atom. The van der Waals surface area contributed by atoms with E-state index in [4.69, 9.17) is 5.73 Å².